The first kappa shape index (κ1) is 15.2. The van der Waals surface area contributed by atoms with Gasteiger partial charge in [0.2, 0.25) is 0 Å². The number of pyridine rings is 1. The molecule has 2 aromatic carbocycles. The molecule has 0 atom stereocenters. The van der Waals surface area contributed by atoms with Crippen LogP contribution in [0.1, 0.15) is 11.1 Å². The average Bonchev–Trinajstić information content (AvgIpc) is 2.62. The third-order valence-electron chi connectivity index (χ3n) is 3.53. The molecule has 0 saturated heterocycles. The highest BCUT2D eigenvalue weighted by atomic mass is 19.1. The number of hydrogen-bond donors (Lipinski definition) is 1. The summed E-state index contributed by atoms with van der Waals surface area (Å²) in [6.07, 6.45) is 3.47. The first-order valence-corrected chi connectivity index (χ1v) is 7.27. The Balaban J connectivity index is 1.77. The summed E-state index contributed by atoms with van der Waals surface area (Å²) in [5, 5.41) is 9.13. The van der Waals surface area contributed by atoms with Crippen molar-refractivity contribution < 1.29 is 14.2 Å². The maximum atomic E-state index is 13.8. The van der Waals surface area contributed by atoms with Crippen molar-refractivity contribution in [3.8, 4) is 16.9 Å². The summed E-state index contributed by atoms with van der Waals surface area (Å²) >= 11 is 0. The minimum absolute atomic E-state index is 0.111. The Morgan fingerprint density at radius 2 is 1.78 bits per heavy atom. The zero-order valence-electron chi connectivity index (χ0n) is 12.4. The molecule has 116 valence electrons. The molecule has 0 bridgehead atoms. The van der Waals surface area contributed by atoms with E-state index in [1.807, 2.05) is 36.4 Å². The lowest BCUT2D eigenvalue weighted by Gasteiger charge is -2.10. The molecule has 4 heteroatoms. The third kappa shape index (κ3) is 3.73. The first-order chi connectivity index (χ1) is 11.3. The van der Waals surface area contributed by atoms with Crippen LogP contribution in [-0.4, -0.2) is 10.1 Å². The lowest BCUT2D eigenvalue weighted by atomic mass is 10.1. The Morgan fingerprint density at radius 1 is 0.957 bits per heavy atom. The molecule has 0 fully saturated rings. The van der Waals surface area contributed by atoms with Gasteiger partial charge in [0.05, 0.1) is 6.61 Å². The van der Waals surface area contributed by atoms with Crippen LogP contribution in [0, 0.1) is 5.82 Å². The fourth-order valence-corrected chi connectivity index (χ4v) is 2.31. The molecule has 0 aliphatic carbocycles. The SMILES string of the molecule is OCc1ccc(F)c(COc2cccc(-c3ccncc3)c2)c1. The topological polar surface area (TPSA) is 42.4 Å². The van der Waals surface area contributed by atoms with Gasteiger partial charge in [-0.15, -0.1) is 0 Å². The predicted octanol–water partition coefficient (Wildman–Crippen LogP) is 3.96. The monoisotopic (exact) mass is 309 g/mol. The molecule has 0 aliphatic heterocycles. The molecular weight excluding hydrogens is 293 g/mol. The molecule has 3 aromatic rings. The van der Waals surface area contributed by atoms with Crippen LogP contribution < -0.4 is 4.74 Å². The van der Waals surface area contributed by atoms with Gasteiger partial charge in [-0.1, -0.05) is 18.2 Å². The van der Waals surface area contributed by atoms with Crippen LogP contribution >= 0.6 is 0 Å². The molecule has 0 spiro atoms. The second kappa shape index (κ2) is 7.03. The highest BCUT2D eigenvalue weighted by Crippen LogP contribution is 2.24. The van der Waals surface area contributed by atoms with Crippen molar-refractivity contribution in [3.05, 3.63) is 83.9 Å². The number of ether oxygens (including phenoxy) is 1. The molecule has 0 radical (unpaired) electrons. The second-order valence-corrected chi connectivity index (χ2v) is 5.14. The smallest absolute Gasteiger partial charge is 0.129 e. The van der Waals surface area contributed by atoms with Crippen LogP contribution in [0.15, 0.2) is 67.0 Å². The number of aliphatic hydroxyl groups excluding tert-OH is 1. The van der Waals surface area contributed by atoms with Crippen molar-refractivity contribution in [2.24, 2.45) is 0 Å². The molecule has 0 unspecified atom stereocenters. The van der Waals surface area contributed by atoms with Crippen molar-refractivity contribution >= 4 is 0 Å². The summed E-state index contributed by atoms with van der Waals surface area (Å²) in [5.74, 6) is 0.320. The average molecular weight is 309 g/mol. The standard InChI is InChI=1S/C19H16FNO2/c20-19-5-4-14(12-22)10-17(19)13-23-18-3-1-2-16(11-18)15-6-8-21-9-7-15/h1-11,22H,12-13H2. The van der Waals surface area contributed by atoms with Crippen LogP contribution in [0.25, 0.3) is 11.1 Å². The highest BCUT2D eigenvalue weighted by Gasteiger charge is 2.06. The van der Waals surface area contributed by atoms with Crippen LogP contribution in [0.5, 0.6) is 5.75 Å². The number of nitrogens with zero attached hydrogens (tertiary/aromatic N) is 1. The van der Waals surface area contributed by atoms with Gasteiger partial charge in [0.1, 0.15) is 18.2 Å². The van der Waals surface area contributed by atoms with E-state index in [4.69, 9.17) is 9.84 Å². The number of benzene rings is 2. The Kier molecular flexibility index (Phi) is 4.64. The number of hydrogen-bond acceptors (Lipinski definition) is 3. The van der Waals surface area contributed by atoms with Gasteiger partial charge in [0.25, 0.3) is 0 Å². The van der Waals surface area contributed by atoms with Gasteiger partial charge in [0, 0.05) is 18.0 Å². The lowest BCUT2D eigenvalue weighted by Crippen LogP contribution is -2.00. The summed E-state index contributed by atoms with van der Waals surface area (Å²) < 4.78 is 19.5. The van der Waals surface area contributed by atoms with Gasteiger partial charge >= 0.3 is 0 Å². The van der Waals surface area contributed by atoms with E-state index in [1.165, 1.54) is 6.07 Å². The molecule has 1 N–H and O–H groups in total. The highest BCUT2D eigenvalue weighted by molar-refractivity contribution is 5.64. The molecule has 3 rings (SSSR count). The quantitative estimate of drug-likeness (QED) is 0.775. The van der Waals surface area contributed by atoms with Crippen molar-refractivity contribution in [1.82, 2.24) is 4.98 Å². The largest absolute Gasteiger partial charge is 0.489 e. The van der Waals surface area contributed by atoms with E-state index in [-0.39, 0.29) is 19.0 Å². The van der Waals surface area contributed by atoms with Crippen molar-refractivity contribution in [3.63, 3.8) is 0 Å². The van der Waals surface area contributed by atoms with E-state index >= 15 is 0 Å². The maximum Gasteiger partial charge on any atom is 0.129 e. The Hall–Kier alpha value is -2.72. The second-order valence-electron chi connectivity index (χ2n) is 5.14. The van der Waals surface area contributed by atoms with Gasteiger partial charge in [0.15, 0.2) is 0 Å². The maximum absolute atomic E-state index is 13.8. The predicted molar refractivity (Wildman–Crippen MR) is 86.3 cm³/mol. The van der Waals surface area contributed by atoms with E-state index in [2.05, 4.69) is 4.98 Å². The van der Waals surface area contributed by atoms with Crippen LogP contribution in [0.2, 0.25) is 0 Å². The molecule has 3 nitrogen and oxygen atoms in total. The fraction of sp³-hybridized carbons (Fsp3) is 0.105. The Bertz CT molecular complexity index is 790. The first-order valence-electron chi connectivity index (χ1n) is 7.27. The minimum Gasteiger partial charge on any atom is -0.489 e. The van der Waals surface area contributed by atoms with Crippen molar-refractivity contribution in [2.45, 2.75) is 13.2 Å². The Morgan fingerprint density at radius 3 is 2.57 bits per heavy atom. The summed E-state index contributed by atoms with van der Waals surface area (Å²) in [4.78, 5) is 4.00. The van der Waals surface area contributed by atoms with Gasteiger partial charge in [-0.05, 0) is 53.1 Å². The van der Waals surface area contributed by atoms with Crippen LogP contribution in [0.4, 0.5) is 4.39 Å². The van der Waals surface area contributed by atoms with E-state index in [0.717, 1.165) is 11.1 Å². The van der Waals surface area contributed by atoms with Crippen molar-refractivity contribution in [2.75, 3.05) is 0 Å². The van der Waals surface area contributed by atoms with E-state index in [0.29, 0.717) is 16.9 Å². The zero-order chi connectivity index (χ0) is 16.1. The molecular formula is C19H16FNO2. The van der Waals surface area contributed by atoms with E-state index in [9.17, 15) is 4.39 Å². The van der Waals surface area contributed by atoms with E-state index < -0.39 is 0 Å². The summed E-state index contributed by atoms with van der Waals surface area (Å²) in [6, 6.07) is 16.0. The van der Waals surface area contributed by atoms with Crippen molar-refractivity contribution in [1.29, 1.82) is 0 Å². The summed E-state index contributed by atoms with van der Waals surface area (Å²) in [5.41, 5.74) is 3.13. The number of aromatic nitrogens is 1. The molecule has 0 saturated carbocycles. The number of halogens is 1. The molecule has 23 heavy (non-hydrogen) atoms. The van der Waals surface area contributed by atoms with Gasteiger partial charge < -0.3 is 9.84 Å². The zero-order valence-corrected chi connectivity index (χ0v) is 12.4. The van der Waals surface area contributed by atoms with Gasteiger partial charge in [-0.2, -0.15) is 0 Å². The molecule has 1 heterocycles. The molecule has 1 aromatic heterocycles. The summed E-state index contributed by atoms with van der Waals surface area (Å²) in [6.45, 7) is -0.00964. The number of aliphatic hydroxyl groups is 1. The normalized spacial score (nSPS) is 10.5. The molecule has 0 amide bonds. The van der Waals surface area contributed by atoms with Crippen LogP contribution in [-0.2, 0) is 13.2 Å². The fourth-order valence-electron chi connectivity index (χ4n) is 2.31. The van der Waals surface area contributed by atoms with E-state index in [1.54, 1.807) is 24.5 Å². The molecule has 0 aliphatic rings. The van der Waals surface area contributed by atoms with Crippen LogP contribution in [0.3, 0.4) is 0 Å². The van der Waals surface area contributed by atoms with Gasteiger partial charge in [-0.3, -0.25) is 4.98 Å². The van der Waals surface area contributed by atoms with Gasteiger partial charge in [-0.25, -0.2) is 4.39 Å². The third-order valence-corrected chi connectivity index (χ3v) is 3.53. The number of rotatable bonds is 5. The summed E-state index contributed by atoms with van der Waals surface area (Å²) in [7, 11) is 0. The minimum atomic E-state index is -0.340. The lowest BCUT2D eigenvalue weighted by molar-refractivity contribution is 0.279. The Labute approximate surface area is 134 Å².